The zero-order valence-electron chi connectivity index (χ0n) is 23.6. The Balaban J connectivity index is 1.53. The summed E-state index contributed by atoms with van der Waals surface area (Å²) in [6.45, 7) is 10.5. The van der Waals surface area contributed by atoms with Gasteiger partial charge in [0.25, 0.3) is 5.91 Å². The molecule has 40 heavy (non-hydrogen) atoms. The molecule has 2 aromatic heterocycles. The van der Waals surface area contributed by atoms with E-state index in [1.807, 2.05) is 13.8 Å². The molecule has 1 saturated heterocycles. The third-order valence-corrected chi connectivity index (χ3v) is 8.29. The van der Waals surface area contributed by atoms with E-state index in [9.17, 15) is 9.00 Å². The van der Waals surface area contributed by atoms with Crippen LogP contribution in [0, 0.1) is 5.92 Å². The maximum absolute atomic E-state index is 14.0. The first kappa shape index (κ1) is 27.8. The summed E-state index contributed by atoms with van der Waals surface area (Å²) in [4.78, 5) is 39.2. The molecule has 3 fully saturated rings. The Bertz CT molecular complexity index is 1450. The summed E-state index contributed by atoms with van der Waals surface area (Å²) in [5.74, 6) is 1.64. The molecule has 2 aromatic rings. The highest BCUT2D eigenvalue weighted by Gasteiger charge is 2.42. The van der Waals surface area contributed by atoms with Gasteiger partial charge in [0.1, 0.15) is 6.33 Å². The van der Waals surface area contributed by atoms with Crippen LogP contribution in [0.3, 0.4) is 0 Å². The first-order chi connectivity index (χ1) is 19.2. The van der Waals surface area contributed by atoms with Crippen LogP contribution in [-0.4, -0.2) is 61.0 Å². The number of carbonyl (C=O) groups is 1. The van der Waals surface area contributed by atoms with E-state index in [0.29, 0.717) is 51.1 Å². The molecule has 1 aliphatic heterocycles. The molecule has 0 spiro atoms. The molecular weight excluding hydrogens is 526 g/mol. The molecule has 1 amide bonds. The van der Waals surface area contributed by atoms with E-state index in [0.717, 1.165) is 37.0 Å². The Labute approximate surface area is 237 Å². The molecule has 3 heterocycles. The van der Waals surface area contributed by atoms with E-state index in [2.05, 4.69) is 38.8 Å². The Morgan fingerprint density at radius 1 is 1.23 bits per heavy atom. The van der Waals surface area contributed by atoms with Gasteiger partial charge in [0, 0.05) is 24.4 Å². The maximum Gasteiger partial charge on any atom is 0.295 e. The highest BCUT2D eigenvalue weighted by Crippen LogP contribution is 2.44. The Morgan fingerprint density at radius 2 is 1.98 bits per heavy atom. The first-order valence-electron chi connectivity index (χ1n) is 13.5. The van der Waals surface area contributed by atoms with Crippen molar-refractivity contribution in [1.82, 2.24) is 25.2 Å². The second-order valence-corrected chi connectivity index (χ2v) is 12.0. The molecule has 3 aliphatic rings. The summed E-state index contributed by atoms with van der Waals surface area (Å²) in [5, 5.41) is 3.26. The third-order valence-electron chi connectivity index (χ3n) is 7.39. The predicted octanol–water partition coefficient (Wildman–Crippen LogP) is 3.99. The van der Waals surface area contributed by atoms with Crippen molar-refractivity contribution >= 4 is 34.1 Å². The Kier molecular flexibility index (Phi) is 7.93. The second-order valence-electron chi connectivity index (χ2n) is 10.7. The van der Waals surface area contributed by atoms with Gasteiger partial charge in [-0.05, 0) is 70.1 Å². The SMILES string of the molecule is C=C(N=C1C(=C(C)C)NC(=NCc2ccc(S(C)=O)cn2)C(=O)N1C(C)C1CC1)c1c(OC)ncnc1C1CC1. The highest BCUT2D eigenvalue weighted by molar-refractivity contribution is 7.84. The number of aliphatic imine (C=N–C) groups is 2. The fourth-order valence-electron chi connectivity index (χ4n) is 4.78. The molecule has 11 heteroatoms. The van der Waals surface area contributed by atoms with Crippen LogP contribution in [0.2, 0.25) is 0 Å². The number of hydrogen-bond donors (Lipinski definition) is 1. The number of rotatable bonds is 9. The monoisotopic (exact) mass is 561 g/mol. The van der Waals surface area contributed by atoms with E-state index >= 15 is 0 Å². The quantitative estimate of drug-likeness (QED) is 0.491. The molecule has 210 valence electrons. The van der Waals surface area contributed by atoms with Crippen LogP contribution in [0.15, 0.2) is 57.4 Å². The summed E-state index contributed by atoms with van der Waals surface area (Å²) < 4.78 is 17.3. The molecule has 2 saturated carbocycles. The molecule has 0 bridgehead atoms. The average molecular weight is 562 g/mol. The van der Waals surface area contributed by atoms with E-state index in [4.69, 9.17) is 9.73 Å². The van der Waals surface area contributed by atoms with Gasteiger partial charge in [0.05, 0.1) is 57.7 Å². The number of aromatic nitrogens is 3. The number of carbonyl (C=O) groups excluding carboxylic acids is 1. The van der Waals surface area contributed by atoms with Crippen molar-refractivity contribution in [3.8, 4) is 5.88 Å². The van der Waals surface area contributed by atoms with Gasteiger partial charge in [-0.25, -0.2) is 15.0 Å². The number of nitrogens with zero attached hydrogens (tertiary/aromatic N) is 6. The average Bonchev–Trinajstić information content (AvgIpc) is 3.85. The topological polar surface area (TPSA) is 122 Å². The van der Waals surface area contributed by atoms with Gasteiger partial charge in [-0.15, -0.1) is 0 Å². The highest BCUT2D eigenvalue weighted by atomic mass is 32.2. The number of amidine groups is 2. The van der Waals surface area contributed by atoms with Crippen molar-refractivity contribution in [2.45, 2.75) is 69.9 Å². The summed E-state index contributed by atoms with van der Waals surface area (Å²) in [5.41, 5.74) is 4.35. The number of ether oxygens (including phenoxy) is 1. The lowest BCUT2D eigenvalue weighted by Crippen LogP contribution is -2.58. The van der Waals surface area contributed by atoms with Crippen molar-refractivity contribution in [3.05, 3.63) is 59.5 Å². The van der Waals surface area contributed by atoms with E-state index in [1.54, 1.807) is 36.6 Å². The molecule has 5 rings (SSSR count). The number of methoxy groups -OCH3 is 1. The molecule has 2 unspecified atom stereocenters. The van der Waals surface area contributed by atoms with Crippen molar-refractivity contribution in [1.29, 1.82) is 0 Å². The van der Waals surface area contributed by atoms with Crippen LogP contribution in [0.5, 0.6) is 5.88 Å². The number of nitrogens with one attached hydrogen (secondary N) is 1. The van der Waals surface area contributed by atoms with Crippen molar-refractivity contribution < 1.29 is 13.7 Å². The maximum atomic E-state index is 14.0. The largest absolute Gasteiger partial charge is 0.480 e. The van der Waals surface area contributed by atoms with E-state index in [1.165, 1.54) is 6.33 Å². The zero-order chi connectivity index (χ0) is 28.6. The number of amides is 1. The van der Waals surface area contributed by atoms with Gasteiger partial charge < -0.3 is 10.1 Å². The van der Waals surface area contributed by atoms with Crippen LogP contribution in [0.1, 0.15) is 69.3 Å². The number of allylic oxidation sites excluding steroid dienone is 1. The lowest BCUT2D eigenvalue weighted by molar-refractivity contribution is -0.122. The lowest BCUT2D eigenvalue weighted by Gasteiger charge is -2.37. The normalized spacial score (nSPS) is 20.9. The molecule has 2 atom stereocenters. The first-order valence-corrected chi connectivity index (χ1v) is 15.0. The second kappa shape index (κ2) is 11.4. The number of hydrogen-bond acceptors (Lipinski definition) is 8. The van der Waals surface area contributed by atoms with Gasteiger partial charge >= 0.3 is 0 Å². The molecule has 0 aromatic carbocycles. The van der Waals surface area contributed by atoms with Crippen LogP contribution in [0.4, 0.5) is 0 Å². The summed E-state index contributed by atoms with van der Waals surface area (Å²) in [6.07, 6.45) is 8.93. The van der Waals surface area contributed by atoms with Gasteiger partial charge in [-0.2, -0.15) is 0 Å². The molecule has 2 aliphatic carbocycles. The molecule has 10 nitrogen and oxygen atoms in total. The van der Waals surface area contributed by atoms with Crippen LogP contribution < -0.4 is 10.1 Å². The minimum absolute atomic E-state index is 0.0746. The minimum atomic E-state index is -1.11. The third kappa shape index (κ3) is 5.74. The number of piperazine rings is 1. The van der Waals surface area contributed by atoms with Crippen LogP contribution in [0.25, 0.3) is 5.70 Å². The summed E-state index contributed by atoms with van der Waals surface area (Å²) in [7, 11) is 0.464. The zero-order valence-corrected chi connectivity index (χ0v) is 24.4. The fourth-order valence-corrected chi connectivity index (χ4v) is 5.24. The van der Waals surface area contributed by atoms with Crippen molar-refractivity contribution in [2.24, 2.45) is 15.9 Å². The van der Waals surface area contributed by atoms with Gasteiger partial charge in [-0.3, -0.25) is 23.9 Å². The molecular formula is C29H35N7O3S. The minimum Gasteiger partial charge on any atom is -0.480 e. The van der Waals surface area contributed by atoms with Crippen LogP contribution in [-0.2, 0) is 22.1 Å². The molecule has 1 N–H and O–H groups in total. The van der Waals surface area contributed by atoms with Gasteiger partial charge in [-0.1, -0.05) is 6.58 Å². The van der Waals surface area contributed by atoms with Crippen molar-refractivity contribution in [2.75, 3.05) is 13.4 Å². The predicted molar refractivity (Wildman–Crippen MR) is 155 cm³/mol. The van der Waals surface area contributed by atoms with Gasteiger partial charge in [0.15, 0.2) is 11.7 Å². The van der Waals surface area contributed by atoms with E-state index < -0.39 is 10.8 Å². The van der Waals surface area contributed by atoms with Gasteiger partial charge in [0.2, 0.25) is 5.88 Å². The fraction of sp³-hybridized carbons (Fsp3) is 0.448. The summed E-state index contributed by atoms with van der Waals surface area (Å²) >= 11 is 0. The Morgan fingerprint density at radius 3 is 2.55 bits per heavy atom. The molecule has 0 radical (unpaired) electrons. The standard InChI is InChI=1S/C29H35N7O3S/c1-16(2)24-27(34-17(3)23-25(20-9-10-20)32-15-33-28(23)39-5)36(18(4)19-7-8-19)29(37)26(35-24)31-13-21-11-12-22(14-30-21)40(6)38/h11-12,14-15,18-20H,3,7-10,13H2,1-2,4-6H3,(H,31,35). The van der Waals surface area contributed by atoms with Crippen LogP contribution >= 0.6 is 0 Å². The van der Waals surface area contributed by atoms with E-state index in [-0.39, 0.29) is 24.3 Å². The Hall–Kier alpha value is -3.73. The van der Waals surface area contributed by atoms with Crippen molar-refractivity contribution in [3.63, 3.8) is 0 Å². The lowest BCUT2D eigenvalue weighted by atomic mass is 10.1. The number of pyridine rings is 1. The summed E-state index contributed by atoms with van der Waals surface area (Å²) in [6, 6.07) is 3.48. The smallest absolute Gasteiger partial charge is 0.295 e.